The molecule has 0 saturated heterocycles. The first kappa shape index (κ1) is 15.2. The Morgan fingerprint density at radius 3 is 2.86 bits per heavy atom. The van der Waals surface area contributed by atoms with Crippen molar-refractivity contribution in [3.63, 3.8) is 0 Å². The summed E-state index contributed by atoms with van der Waals surface area (Å²) >= 11 is 4.72. The van der Waals surface area contributed by atoms with Gasteiger partial charge in [0.25, 0.3) is 0 Å². The lowest BCUT2D eigenvalue weighted by Crippen LogP contribution is -2.26. The first-order chi connectivity index (χ1) is 10.6. The summed E-state index contributed by atoms with van der Waals surface area (Å²) in [7, 11) is 0. The van der Waals surface area contributed by atoms with Gasteiger partial charge in [-0.1, -0.05) is 30.3 Å². The summed E-state index contributed by atoms with van der Waals surface area (Å²) in [5.74, 6) is 0.0648. The van der Waals surface area contributed by atoms with E-state index in [1.165, 1.54) is 11.3 Å². The second kappa shape index (κ2) is 6.58. The van der Waals surface area contributed by atoms with Crippen molar-refractivity contribution in [2.75, 3.05) is 0 Å². The Labute approximate surface area is 140 Å². The molecule has 0 spiro atoms. The molecule has 1 aliphatic rings. The molecule has 1 aromatic carbocycles. The number of carbonyl (C=O) groups is 1. The summed E-state index contributed by atoms with van der Waals surface area (Å²) < 4.78 is 11.7. The van der Waals surface area contributed by atoms with E-state index in [2.05, 4.69) is 25.9 Å². The Hall–Kier alpha value is -1.73. The summed E-state index contributed by atoms with van der Waals surface area (Å²) in [6.07, 6.45) is -0.514. The van der Waals surface area contributed by atoms with E-state index in [9.17, 15) is 4.79 Å². The highest BCUT2D eigenvalue weighted by Gasteiger charge is 2.39. The highest BCUT2D eigenvalue weighted by molar-refractivity contribution is 9.10. The number of aliphatic imine (C=N–C) groups is 1. The molecule has 3 rings (SSSR count). The zero-order valence-electron chi connectivity index (χ0n) is 11.7. The molecule has 0 saturated carbocycles. The van der Waals surface area contributed by atoms with Crippen LogP contribution in [0.5, 0.6) is 0 Å². The average Bonchev–Trinajstić information content (AvgIpc) is 3.11. The number of ether oxygens (including phenoxy) is 2. The van der Waals surface area contributed by atoms with E-state index < -0.39 is 18.1 Å². The summed E-state index contributed by atoms with van der Waals surface area (Å²) in [6, 6.07) is 8.83. The van der Waals surface area contributed by atoms with Gasteiger partial charge in [-0.3, -0.25) is 0 Å². The maximum atomic E-state index is 12.3. The normalized spacial score (nSPS) is 20.4. The molecule has 5 nitrogen and oxygen atoms in total. The number of thiazole rings is 1. The molecule has 1 aliphatic heterocycles. The van der Waals surface area contributed by atoms with E-state index in [-0.39, 0.29) is 6.61 Å². The van der Waals surface area contributed by atoms with Crippen LogP contribution in [0.15, 0.2) is 45.3 Å². The minimum absolute atomic E-state index is 0.221. The molecule has 2 unspecified atom stereocenters. The quantitative estimate of drug-likeness (QED) is 0.761. The lowest BCUT2D eigenvalue weighted by atomic mass is 10.2. The molecule has 22 heavy (non-hydrogen) atoms. The molecule has 0 bridgehead atoms. The van der Waals surface area contributed by atoms with Crippen molar-refractivity contribution in [1.82, 2.24) is 4.98 Å². The fourth-order valence-electron chi connectivity index (χ4n) is 2.12. The van der Waals surface area contributed by atoms with Crippen molar-refractivity contribution in [2.24, 2.45) is 4.99 Å². The number of aromatic nitrogens is 1. The van der Waals surface area contributed by atoms with Gasteiger partial charge in [0, 0.05) is 12.3 Å². The van der Waals surface area contributed by atoms with E-state index >= 15 is 0 Å². The molecule has 1 aromatic heterocycles. The van der Waals surface area contributed by atoms with Gasteiger partial charge in [0.05, 0.1) is 0 Å². The van der Waals surface area contributed by atoms with Crippen LogP contribution in [0.3, 0.4) is 0 Å². The number of rotatable bonds is 4. The Morgan fingerprint density at radius 2 is 2.18 bits per heavy atom. The van der Waals surface area contributed by atoms with Crippen LogP contribution < -0.4 is 0 Å². The minimum Gasteiger partial charge on any atom is -0.468 e. The van der Waals surface area contributed by atoms with E-state index in [4.69, 9.17) is 9.47 Å². The van der Waals surface area contributed by atoms with Crippen LogP contribution in [0.4, 0.5) is 0 Å². The van der Waals surface area contributed by atoms with Crippen LogP contribution in [0.1, 0.15) is 23.6 Å². The minimum atomic E-state index is -0.707. The maximum absolute atomic E-state index is 12.3. The van der Waals surface area contributed by atoms with Crippen molar-refractivity contribution < 1.29 is 14.3 Å². The molecular weight excluding hydrogens is 368 g/mol. The van der Waals surface area contributed by atoms with E-state index in [0.717, 1.165) is 10.2 Å². The molecule has 0 radical (unpaired) electrons. The standard InChI is InChI=1S/C15H13BrN2O3S/c1-9-17-12(13(21-9)14-18-11(16)8-22-14)15(19)20-7-10-5-3-2-4-6-10/h2-6,8,12-13H,7H2,1H3. The predicted molar refractivity (Wildman–Crippen MR) is 86.8 cm³/mol. The molecular formula is C15H13BrN2O3S. The van der Waals surface area contributed by atoms with Gasteiger partial charge in [-0.05, 0) is 21.5 Å². The maximum Gasteiger partial charge on any atom is 0.335 e. The highest BCUT2D eigenvalue weighted by Crippen LogP contribution is 2.33. The Kier molecular flexibility index (Phi) is 4.54. The van der Waals surface area contributed by atoms with Crippen LogP contribution in [0.25, 0.3) is 0 Å². The number of hydrogen-bond donors (Lipinski definition) is 0. The SMILES string of the molecule is CC1=NC(C(=O)OCc2ccccc2)C(c2nc(Br)cs2)O1. The molecule has 7 heteroatoms. The van der Waals surface area contributed by atoms with Gasteiger partial charge < -0.3 is 9.47 Å². The average molecular weight is 381 g/mol. The Morgan fingerprint density at radius 1 is 1.41 bits per heavy atom. The molecule has 2 atom stereocenters. The van der Waals surface area contributed by atoms with Crippen molar-refractivity contribution in [3.05, 3.63) is 50.9 Å². The van der Waals surface area contributed by atoms with Gasteiger partial charge in [0.2, 0.25) is 0 Å². The fraction of sp³-hybridized carbons (Fsp3) is 0.267. The van der Waals surface area contributed by atoms with Gasteiger partial charge in [-0.25, -0.2) is 14.8 Å². The van der Waals surface area contributed by atoms with E-state index in [1.54, 1.807) is 6.92 Å². The van der Waals surface area contributed by atoms with Gasteiger partial charge in [0.15, 0.2) is 18.0 Å². The van der Waals surface area contributed by atoms with Gasteiger partial charge >= 0.3 is 5.97 Å². The Balaban J connectivity index is 1.69. The van der Waals surface area contributed by atoms with E-state index in [1.807, 2.05) is 35.7 Å². The third kappa shape index (κ3) is 3.36. The molecule has 0 fully saturated rings. The van der Waals surface area contributed by atoms with Crippen molar-refractivity contribution in [3.8, 4) is 0 Å². The Bertz CT molecular complexity index is 702. The number of halogens is 1. The fourth-order valence-corrected chi connectivity index (χ4v) is 3.44. The number of carbonyl (C=O) groups excluding carboxylic acids is 1. The van der Waals surface area contributed by atoms with Crippen molar-refractivity contribution >= 4 is 39.1 Å². The summed E-state index contributed by atoms with van der Waals surface area (Å²) in [6.45, 7) is 1.94. The monoisotopic (exact) mass is 380 g/mol. The van der Waals surface area contributed by atoms with Gasteiger partial charge in [0.1, 0.15) is 16.2 Å². The van der Waals surface area contributed by atoms with Crippen LogP contribution in [0, 0.1) is 0 Å². The second-order valence-electron chi connectivity index (χ2n) is 4.73. The van der Waals surface area contributed by atoms with Crippen LogP contribution in [0.2, 0.25) is 0 Å². The molecule has 0 aliphatic carbocycles. The predicted octanol–water partition coefficient (Wildman–Crippen LogP) is 3.51. The van der Waals surface area contributed by atoms with Crippen molar-refractivity contribution in [2.45, 2.75) is 25.7 Å². The van der Waals surface area contributed by atoms with E-state index in [0.29, 0.717) is 10.9 Å². The lowest BCUT2D eigenvalue weighted by molar-refractivity contribution is -0.148. The number of esters is 1. The number of nitrogens with zero attached hydrogens (tertiary/aromatic N) is 2. The first-order valence-electron chi connectivity index (χ1n) is 6.66. The molecule has 0 amide bonds. The topological polar surface area (TPSA) is 60.8 Å². The third-order valence-corrected chi connectivity index (χ3v) is 4.72. The largest absolute Gasteiger partial charge is 0.468 e. The highest BCUT2D eigenvalue weighted by atomic mass is 79.9. The zero-order chi connectivity index (χ0) is 15.5. The summed E-state index contributed by atoms with van der Waals surface area (Å²) in [5, 5.41) is 2.55. The first-order valence-corrected chi connectivity index (χ1v) is 8.33. The van der Waals surface area contributed by atoms with Crippen LogP contribution in [-0.4, -0.2) is 22.9 Å². The third-order valence-electron chi connectivity index (χ3n) is 3.11. The molecule has 0 N–H and O–H groups in total. The molecule has 114 valence electrons. The number of hydrogen-bond acceptors (Lipinski definition) is 6. The molecule has 2 heterocycles. The smallest absolute Gasteiger partial charge is 0.335 e. The number of benzene rings is 1. The summed E-state index contributed by atoms with van der Waals surface area (Å²) in [4.78, 5) is 20.9. The lowest BCUT2D eigenvalue weighted by Gasteiger charge is -2.14. The summed E-state index contributed by atoms with van der Waals surface area (Å²) in [5.41, 5.74) is 0.934. The van der Waals surface area contributed by atoms with Gasteiger partial charge in [-0.2, -0.15) is 0 Å². The zero-order valence-corrected chi connectivity index (χ0v) is 14.1. The molecule has 2 aromatic rings. The van der Waals surface area contributed by atoms with Crippen LogP contribution >= 0.6 is 27.3 Å². The van der Waals surface area contributed by atoms with Crippen LogP contribution in [-0.2, 0) is 20.9 Å². The van der Waals surface area contributed by atoms with Gasteiger partial charge in [-0.15, -0.1) is 11.3 Å². The van der Waals surface area contributed by atoms with Crippen molar-refractivity contribution in [1.29, 1.82) is 0 Å². The second-order valence-corrected chi connectivity index (χ2v) is 6.44.